The van der Waals surface area contributed by atoms with Gasteiger partial charge in [-0.1, -0.05) is 13.8 Å². The van der Waals surface area contributed by atoms with E-state index >= 15 is 0 Å². The lowest BCUT2D eigenvalue weighted by atomic mass is 10.1. The molecule has 3 fully saturated rings. The van der Waals surface area contributed by atoms with Crippen molar-refractivity contribution in [3.63, 3.8) is 0 Å². The van der Waals surface area contributed by atoms with Gasteiger partial charge in [0.2, 0.25) is 0 Å². The van der Waals surface area contributed by atoms with Crippen molar-refractivity contribution in [2.75, 3.05) is 11.9 Å². The van der Waals surface area contributed by atoms with E-state index < -0.39 is 5.79 Å². The first-order valence-corrected chi connectivity index (χ1v) is 10.6. The Bertz CT molecular complexity index is 860. The summed E-state index contributed by atoms with van der Waals surface area (Å²) < 4.78 is 15.0. The Kier molecular flexibility index (Phi) is 4.37. The topological polar surface area (TPSA) is 73.2 Å². The molecule has 152 valence electrons. The Morgan fingerprint density at radius 3 is 2.75 bits per heavy atom. The number of hydrogen-bond acceptors (Lipinski definition) is 6. The molecule has 2 aliphatic carbocycles. The first-order valence-electron chi connectivity index (χ1n) is 10.6. The fraction of sp³-hybridized carbons (Fsp3) is 0.714. The van der Waals surface area contributed by atoms with Gasteiger partial charge >= 0.3 is 0 Å². The molecule has 0 aromatic carbocycles. The summed E-state index contributed by atoms with van der Waals surface area (Å²) in [6.07, 6.45) is 7.43. The summed E-state index contributed by atoms with van der Waals surface area (Å²) in [6, 6.07) is 3.38. The minimum absolute atomic E-state index is 0.0411. The van der Waals surface area contributed by atoms with E-state index in [-0.39, 0.29) is 18.2 Å². The first-order chi connectivity index (χ1) is 13.4. The Labute approximate surface area is 166 Å². The number of aromatic nitrogens is 3. The Morgan fingerprint density at radius 2 is 2.00 bits per heavy atom. The Morgan fingerprint density at radius 1 is 1.21 bits per heavy atom. The molecule has 2 unspecified atom stereocenters. The molecule has 5 rings (SSSR count). The zero-order valence-electron chi connectivity index (χ0n) is 17.2. The SMILES string of the molecule is CC(C)NC[C@H]1CC(n2ccc3c(NC4CC4)ncnc32)C2OC(C)(C)O[C@@H]21. The van der Waals surface area contributed by atoms with Gasteiger partial charge in [-0.25, -0.2) is 9.97 Å². The van der Waals surface area contributed by atoms with E-state index in [0.29, 0.717) is 18.0 Å². The summed E-state index contributed by atoms with van der Waals surface area (Å²) in [6.45, 7) is 9.35. The quantitative estimate of drug-likeness (QED) is 0.796. The number of fused-ring (bicyclic) bond motifs is 2. The molecule has 2 aromatic heterocycles. The van der Waals surface area contributed by atoms with Crippen molar-refractivity contribution >= 4 is 16.9 Å². The van der Waals surface area contributed by atoms with Gasteiger partial charge in [-0.3, -0.25) is 0 Å². The third-order valence-corrected chi connectivity index (χ3v) is 6.12. The lowest BCUT2D eigenvalue weighted by Gasteiger charge is -2.25. The molecule has 0 spiro atoms. The minimum Gasteiger partial charge on any atom is -0.367 e. The van der Waals surface area contributed by atoms with E-state index in [2.05, 4.69) is 51.3 Å². The second-order valence-electron chi connectivity index (χ2n) is 9.29. The van der Waals surface area contributed by atoms with Gasteiger partial charge in [0, 0.05) is 30.7 Å². The van der Waals surface area contributed by atoms with E-state index in [1.807, 2.05) is 13.8 Å². The van der Waals surface area contributed by atoms with Crippen molar-refractivity contribution in [3.8, 4) is 0 Å². The van der Waals surface area contributed by atoms with Gasteiger partial charge in [0.15, 0.2) is 5.79 Å². The Hall–Kier alpha value is -1.70. The maximum Gasteiger partial charge on any atom is 0.163 e. The van der Waals surface area contributed by atoms with Crippen LogP contribution in [0.3, 0.4) is 0 Å². The second kappa shape index (κ2) is 6.68. The van der Waals surface area contributed by atoms with Crippen molar-refractivity contribution in [3.05, 3.63) is 18.6 Å². The average molecular weight is 386 g/mol. The number of ether oxygens (including phenoxy) is 2. The molecule has 3 aliphatic rings. The average Bonchev–Trinajstić information content (AvgIpc) is 3.11. The highest BCUT2D eigenvalue weighted by molar-refractivity contribution is 5.87. The van der Waals surface area contributed by atoms with Gasteiger partial charge in [0.05, 0.1) is 17.5 Å². The standard InChI is InChI=1S/C21H31N5O2/c1-12(2)22-10-13-9-16(18-17(13)27-21(3,4)28-18)26-8-7-15-19(25-14-5-6-14)23-11-24-20(15)26/h7-8,11-14,16-18,22H,5-6,9-10H2,1-4H3,(H,23,24,25)/t13-,16?,17-,18?/m1/s1. The lowest BCUT2D eigenvalue weighted by molar-refractivity contribution is -0.160. The highest BCUT2D eigenvalue weighted by Crippen LogP contribution is 2.47. The summed E-state index contributed by atoms with van der Waals surface area (Å²) in [5.41, 5.74) is 0.979. The second-order valence-corrected chi connectivity index (χ2v) is 9.29. The van der Waals surface area contributed by atoms with E-state index in [9.17, 15) is 0 Å². The highest BCUT2D eigenvalue weighted by Gasteiger charge is 2.54. The van der Waals surface area contributed by atoms with E-state index in [1.54, 1.807) is 6.33 Å². The molecule has 2 aromatic rings. The third-order valence-electron chi connectivity index (χ3n) is 6.12. The monoisotopic (exact) mass is 385 g/mol. The number of rotatable bonds is 6. The summed E-state index contributed by atoms with van der Waals surface area (Å²) >= 11 is 0. The zero-order chi connectivity index (χ0) is 19.5. The van der Waals surface area contributed by atoms with Crippen LogP contribution >= 0.6 is 0 Å². The van der Waals surface area contributed by atoms with Gasteiger partial charge in [0.25, 0.3) is 0 Å². The summed E-state index contributed by atoms with van der Waals surface area (Å²) in [5.74, 6) is 0.825. The summed E-state index contributed by atoms with van der Waals surface area (Å²) in [5, 5.41) is 8.21. The normalized spacial score (nSPS) is 31.6. The van der Waals surface area contributed by atoms with Crippen molar-refractivity contribution in [2.24, 2.45) is 5.92 Å². The van der Waals surface area contributed by atoms with Crippen molar-refractivity contribution < 1.29 is 9.47 Å². The molecule has 7 nitrogen and oxygen atoms in total. The molecule has 4 atom stereocenters. The van der Waals surface area contributed by atoms with Crippen LogP contribution in [0.2, 0.25) is 0 Å². The highest BCUT2D eigenvalue weighted by atomic mass is 16.8. The van der Waals surface area contributed by atoms with Crippen LogP contribution in [0.4, 0.5) is 5.82 Å². The van der Waals surface area contributed by atoms with Crippen LogP contribution in [0.5, 0.6) is 0 Å². The van der Waals surface area contributed by atoms with Crippen molar-refractivity contribution in [1.82, 2.24) is 19.9 Å². The largest absolute Gasteiger partial charge is 0.367 e. The smallest absolute Gasteiger partial charge is 0.163 e. The Balaban J connectivity index is 1.46. The maximum atomic E-state index is 6.37. The van der Waals surface area contributed by atoms with Crippen LogP contribution in [0.25, 0.3) is 11.0 Å². The molecule has 3 heterocycles. The molecule has 2 saturated carbocycles. The molecule has 0 radical (unpaired) electrons. The summed E-state index contributed by atoms with van der Waals surface area (Å²) in [4.78, 5) is 9.10. The van der Waals surface area contributed by atoms with Crippen LogP contribution in [0.1, 0.15) is 53.0 Å². The van der Waals surface area contributed by atoms with Crippen LogP contribution in [0, 0.1) is 5.92 Å². The third kappa shape index (κ3) is 3.29. The fourth-order valence-electron chi connectivity index (χ4n) is 4.69. The molecular weight excluding hydrogens is 354 g/mol. The van der Waals surface area contributed by atoms with Gasteiger partial charge in [-0.15, -0.1) is 0 Å². The van der Waals surface area contributed by atoms with E-state index in [4.69, 9.17) is 9.47 Å². The van der Waals surface area contributed by atoms with Crippen molar-refractivity contribution in [1.29, 1.82) is 0 Å². The van der Waals surface area contributed by atoms with Crippen LogP contribution in [0.15, 0.2) is 18.6 Å². The van der Waals surface area contributed by atoms with Gasteiger partial charge in [0.1, 0.15) is 23.9 Å². The van der Waals surface area contributed by atoms with Crippen molar-refractivity contribution in [2.45, 2.75) is 83.1 Å². The molecule has 0 amide bonds. The maximum absolute atomic E-state index is 6.37. The molecule has 1 saturated heterocycles. The van der Waals surface area contributed by atoms with Crippen LogP contribution in [-0.2, 0) is 9.47 Å². The van der Waals surface area contributed by atoms with Crippen LogP contribution < -0.4 is 10.6 Å². The first kappa shape index (κ1) is 18.3. The summed E-state index contributed by atoms with van der Waals surface area (Å²) in [7, 11) is 0. The predicted octanol–water partition coefficient (Wildman–Crippen LogP) is 3.08. The fourth-order valence-corrected chi connectivity index (χ4v) is 4.69. The number of hydrogen-bond donors (Lipinski definition) is 2. The molecule has 1 aliphatic heterocycles. The van der Waals surface area contributed by atoms with E-state index in [0.717, 1.165) is 29.8 Å². The predicted molar refractivity (Wildman–Crippen MR) is 108 cm³/mol. The number of anilines is 1. The lowest BCUT2D eigenvalue weighted by Crippen LogP contribution is -2.35. The van der Waals surface area contributed by atoms with Gasteiger partial charge in [-0.05, 0) is 39.2 Å². The minimum atomic E-state index is -0.541. The van der Waals surface area contributed by atoms with E-state index in [1.165, 1.54) is 12.8 Å². The molecule has 28 heavy (non-hydrogen) atoms. The molecule has 2 N–H and O–H groups in total. The molecular formula is C21H31N5O2. The van der Waals surface area contributed by atoms with Gasteiger partial charge in [-0.2, -0.15) is 0 Å². The number of nitrogens with one attached hydrogen (secondary N) is 2. The molecule has 7 heteroatoms. The van der Waals surface area contributed by atoms with Crippen LogP contribution in [-0.4, -0.2) is 51.2 Å². The van der Waals surface area contributed by atoms with Gasteiger partial charge < -0.3 is 24.7 Å². The number of nitrogens with zero attached hydrogens (tertiary/aromatic N) is 3. The zero-order valence-corrected chi connectivity index (χ0v) is 17.2. The molecule has 0 bridgehead atoms.